The smallest absolute Gasteiger partial charge is 0.134 e. The molecule has 0 bridgehead atoms. The van der Waals surface area contributed by atoms with Gasteiger partial charge in [-0.3, -0.25) is 0 Å². The quantitative estimate of drug-likeness (QED) is 0.281. The molecule has 0 aromatic heterocycles. The van der Waals surface area contributed by atoms with Crippen LogP contribution in [-0.4, -0.2) is 83.9 Å². The molecule has 1 aromatic rings. The molecule has 1 unspecified atom stereocenters. The van der Waals surface area contributed by atoms with Crippen LogP contribution >= 0.6 is 0 Å². The molecule has 178 valence electrons. The molecule has 0 fully saturated rings. The highest BCUT2D eigenvalue weighted by Crippen LogP contribution is 2.37. The average Bonchev–Trinajstić information content (AvgIpc) is 3.08. The number of nitrogen functional groups attached to an aromatic ring is 1. The minimum Gasteiger partial charge on any atom is -0.398 e. The molecule has 0 saturated carbocycles. The Morgan fingerprint density at radius 3 is 2.16 bits per heavy atom. The average molecular weight is 441 g/mol. The maximum absolute atomic E-state index is 9.16. The third-order valence-electron chi connectivity index (χ3n) is 5.16. The number of aliphatic hydroxyl groups is 1. The van der Waals surface area contributed by atoms with E-state index < -0.39 is 0 Å². The predicted octanol–water partition coefficient (Wildman–Crippen LogP) is 2.18. The highest BCUT2D eigenvalue weighted by Gasteiger charge is 2.30. The van der Waals surface area contributed by atoms with Gasteiger partial charge in [0.25, 0.3) is 0 Å². The van der Waals surface area contributed by atoms with Gasteiger partial charge in [0.05, 0.1) is 59.5 Å². The summed E-state index contributed by atoms with van der Waals surface area (Å²) in [6, 6.07) is 4.23. The van der Waals surface area contributed by atoms with Crippen molar-refractivity contribution < 1.29 is 28.8 Å². The molecule has 0 saturated heterocycles. The van der Waals surface area contributed by atoms with Crippen LogP contribution in [0.15, 0.2) is 12.1 Å². The zero-order valence-corrected chi connectivity index (χ0v) is 19.3. The van der Waals surface area contributed by atoms with E-state index in [0.717, 1.165) is 23.4 Å². The van der Waals surface area contributed by atoms with E-state index in [1.807, 2.05) is 6.92 Å². The molecule has 1 aliphatic heterocycles. The van der Waals surface area contributed by atoms with Crippen molar-refractivity contribution >= 4 is 11.4 Å². The van der Waals surface area contributed by atoms with Crippen LogP contribution in [0.5, 0.6) is 0 Å². The van der Waals surface area contributed by atoms with Crippen molar-refractivity contribution in [3.63, 3.8) is 0 Å². The first-order chi connectivity index (χ1) is 15.1. The second kappa shape index (κ2) is 14.6. The fourth-order valence-corrected chi connectivity index (χ4v) is 3.62. The van der Waals surface area contributed by atoms with Crippen molar-refractivity contribution in [2.75, 3.05) is 83.2 Å². The summed E-state index contributed by atoms with van der Waals surface area (Å²) in [6.07, 6.45) is 0.641. The summed E-state index contributed by atoms with van der Waals surface area (Å²) in [7, 11) is 0. The lowest BCUT2D eigenvalue weighted by atomic mass is 9.98. The largest absolute Gasteiger partial charge is 0.398 e. The van der Waals surface area contributed by atoms with Crippen LogP contribution in [0.1, 0.15) is 37.8 Å². The first-order valence-electron chi connectivity index (χ1n) is 11.3. The summed E-state index contributed by atoms with van der Waals surface area (Å²) in [5, 5.41) is 9.16. The van der Waals surface area contributed by atoms with E-state index in [1.165, 1.54) is 5.56 Å². The maximum atomic E-state index is 9.16. The number of nitrogens with two attached hydrogens (primary N) is 1. The van der Waals surface area contributed by atoms with Crippen molar-refractivity contribution in [2.24, 2.45) is 0 Å². The maximum Gasteiger partial charge on any atom is 0.134 e. The summed E-state index contributed by atoms with van der Waals surface area (Å²) in [5.41, 5.74) is 10.5. The standard InChI is InChI=1S/C23H40N2O6/c1-4-27-9-10-29-13-14-30-12-11-28-7-5-25-22-17-20(18(2)3)21(24)15-19(22)16-23(25)31-8-6-26/h15,17-18,23,26H,4-14,16,24H2,1-3H3. The van der Waals surface area contributed by atoms with Gasteiger partial charge < -0.3 is 39.4 Å². The van der Waals surface area contributed by atoms with Crippen molar-refractivity contribution in [1.82, 2.24) is 0 Å². The molecular weight excluding hydrogens is 400 g/mol. The number of fused-ring (bicyclic) bond motifs is 1. The van der Waals surface area contributed by atoms with E-state index in [0.29, 0.717) is 71.9 Å². The molecule has 2 rings (SSSR count). The van der Waals surface area contributed by atoms with Gasteiger partial charge in [-0.15, -0.1) is 0 Å². The minimum atomic E-state index is -0.113. The Bertz CT molecular complexity index is 628. The van der Waals surface area contributed by atoms with Gasteiger partial charge in [0.15, 0.2) is 0 Å². The first kappa shape index (κ1) is 25.8. The predicted molar refractivity (Wildman–Crippen MR) is 122 cm³/mol. The van der Waals surface area contributed by atoms with Gasteiger partial charge in [-0.25, -0.2) is 0 Å². The van der Waals surface area contributed by atoms with Gasteiger partial charge in [0.1, 0.15) is 6.23 Å². The number of anilines is 2. The Balaban J connectivity index is 1.73. The van der Waals surface area contributed by atoms with Gasteiger partial charge >= 0.3 is 0 Å². The molecule has 0 radical (unpaired) electrons. The summed E-state index contributed by atoms with van der Waals surface area (Å²) < 4.78 is 27.8. The molecule has 0 amide bonds. The SMILES string of the molecule is CCOCCOCCOCCOCCN1c2cc(C(C)C)c(N)cc2CC1OCCO. The second-order valence-corrected chi connectivity index (χ2v) is 7.75. The molecule has 3 N–H and O–H groups in total. The van der Waals surface area contributed by atoms with Crippen molar-refractivity contribution in [3.05, 3.63) is 23.3 Å². The second-order valence-electron chi connectivity index (χ2n) is 7.75. The fourth-order valence-electron chi connectivity index (χ4n) is 3.62. The molecule has 0 spiro atoms. The van der Waals surface area contributed by atoms with E-state index in [4.69, 9.17) is 34.5 Å². The van der Waals surface area contributed by atoms with Crippen LogP contribution in [0.2, 0.25) is 0 Å². The lowest BCUT2D eigenvalue weighted by Crippen LogP contribution is -2.37. The van der Waals surface area contributed by atoms with E-state index in [1.54, 1.807) is 0 Å². The Morgan fingerprint density at radius 2 is 1.58 bits per heavy atom. The molecule has 31 heavy (non-hydrogen) atoms. The van der Waals surface area contributed by atoms with E-state index >= 15 is 0 Å². The third kappa shape index (κ3) is 8.56. The number of aliphatic hydroxyl groups excluding tert-OH is 1. The topological polar surface area (TPSA) is 95.6 Å². The van der Waals surface area contributed by atoms with Gasteiger partial charge in [-0.1, -0.05) is 13.8 Å². The Kier molecular flexibility index (Phi) is 12.2. The minimum absolute atomic E-state index is 0.00322. The van der Waals surface area contributed by atoms with Gasteiger partial charge in [0.2, 0.25) is 0 Å². The number of rotatable bonds is 17. The Labute approximate surface area is 186 Å². The number of hydrogen-bond acceptors (Lipinski definition) is 8. The number of nitrogens with zero attached hydrogens (tertiary/aromatic N) is 1. The van der Waals surface area contributed by atoms with Gasteiger partial charge in [-0.05, 0) is 36.1 Å². The molecule has 8 heteroatoms. The van der Waals surface area contributed by atoms with Crippen LogP contribution in [-0.2, 0) is 30.1 Å². The van der Waals surface area contributed by atoms with Crippen LogP contribution in [0.25, 0.3) is 0 Å². The lowest BCUT2D eigenvalue weighted by molar-refractivity contribution is -0.00183. The highest BCUT2D eigenvalue weighted by atomic mass is 16.6. The fraction of sp³-hybridized carbons (Fsp3) is 0.739. The van der Waals surface area contributed by atoms with Crippen molar-refractivity contribution in [3.8, 4) is 0 Å². The van der Waals surface area contributed by atoms with Crippen LogP contribution < -0.4 is 10.6 Å². The molecule has 1 heterocycles. The summed E-state index contributed by atoms with van der Waals surface area (Å²) in [4.78, 5) is 2.21. The van der Waals surface area contributed by atoms with Crippen molar-refractivity contribution in [2.45, 2.75) is 39.3 Å². The molecule has 1 aromatic carbocycles. The normalized spacial score (nSPS) is 15.8. The van der Waals surface area contributed by atoms with Crippen molar-refractivity contribution in [1.29, 1.82) is 0 Å². The van der Waals surface area contributed by atoms with E-state index in [2.05, 4.69) is 30.9 Å². The Hall–Kier alpha value is -1.42. The monoisotopic (exact) mass is 440 g/mol. The van der Waals surface area contributed by atoms with E-state index in [9.17, 15) is 0 Å². The summed E-state index contributed by atoms with van der Waals surface area (Å²) in [5.74, 6) is 0.348. The first-order valence-corrected chi connectivity index (χ1v) is 11.3. The highest BCUT2D eigenvalue weighted by molar-refractivity contribution is 5.67. The zero-order valence-electron chi connectivity index (χ0n) is 19.3. The van der Waals surface area contributed by atoms with Gasteiger partial charge in [0, 0.05) is 30.9 Å². The Morgan fingerprint density at radius 1 is 0.968 bits per heavy atom. The number of benzene rings is 1. The third-order valence-corrected chi connectivity index (χ3v) is 5.16. The molecule has 1 aliphatic rings. The molecule has 0 aliphatic carbocycles. The van der Waals surface area contributed by atoms with Crippen LogP contribution in [0, 0.1) is 0 Å². The van der Waals surface area contributed by atoms with Gasteiger partial charge in [-0.2, -0.15) is 0 Å². The molecule has 1 atom stereocenters. The molecular formula is C23H40N2O6. The zero-order chi connectivity index (χ0) is 22.5. The lowest BCUT2D eigenvalue weighted by Gasteiger charge is -2.28. The van der Waals surface area contributed by atoms with Crippen LogP contribution in [0.4, 0.5) is 11.4 Å². The number of hydrogen-bond donors (Lipinski definition) is 2. The van der Waals surface area contributed by atoms with Crippen LogP contribution in [0.3, 0.4) is 0 Å². The van der Waals surface area contributed by atoms with E-state index in [-0.39, 0.29) is 12.8 Å². The number of ether oxygens (including phenoxy) is 5. The summed E-state index contributed by atoms with van der Waals surface area (Å²) >= 11 is 0. The molecule has 8 nitrogen and oxygen atoms in total. The summed E-state index contributed by atoms with van der Waals surface area (Å²) in [6.45, 7) is 11.9.